The zero-order valence-corrected chi connectivity index (χ0v) is 9.07. The van der Waals surface area contributed by atoms with Gasteiger partial charge in [-0.05, 0) is 11.4 Å². The molecule has 0 aliphatic heterocycles. The second-order valence-electron chi connectivity index (χ2n) is 2.83. The van der Waals surface area contributed by atoms with Gasteiger partial charge in [0.2, 0.25) is 0 Å². The number of hydrogen-bond acceptors (Lipinski definition) is 2. The predicted molar refractivity (Wildman–Crippen MR) is 66.1 cm³/mol. The molecule has 1 heterocycles. The van der Waals surface area contributed by atoms with E-state index in [9.17, 15) is 0 Å². The molecule has 0 spiro atoms. The van der Waals surface area contributed by atoms with Gasteiger partial charge in [0.25, 0.3) is 0 Å². The Balaban J connectivity index is 2.11. The topological polar surface area (TPSA) is 12.0 Å². The van der Waals surface area contributed by atoms with E-state index in [1.165, 1.54) is 0 Å². The summed E-state index contributed by atoms with van der Waals surface area (Å²) in [6.45, 7) is 0. The van der Waals surface area contributed by atoms with Gasteiger partial charge in [-0.15, -0.1) is 0 Å². The Morgan fingerprint density at radius 1 is 1.14 bits per heavy atom. The number of nitrogens with one attached hydrogen (secondary N) is 1. The summed E-state index contributed by atoms with van der Waals surface area (Å²) in [6, 6.07) is 12.0. The van der Waals surface area contributed by atoms with Crippen molar-refractivity contribution < 1.29 is 0 Å². The molecule has 0 fully saturated rings. The third kappa shape index (κ3) is 2.19. The minimum Gasteiger partial charge on any atom is -0.345 e. The average molecular weight is 219 g/mol. The molecule has 0 aliphatic rings. The highest BCUT2D eigenvalue weighted by molar-refractivity contribution is 7.81. The van der Waals surface area contributed by atoms with Crippen molar-refractivity contribution in [2.24, 2.45) is 0 Å². The van der Waals surface area contributed by atoms with Gasteiger partial charge in [-0.1, -0.05) is 42.5 Å². The molecule has 1 nitrogen and oxygen atoms in total. The molecule has 2 aromatic rings. The minimum absolute atomic E-state index is 0.768. The van der Waals surface area contributed by atoms with E-state index >= 15 is 0 Å². The second-order valence-corrected chi connectivity index (χ2v) is 4.02. The molecule has 0 atom stereocenters. The molecule has 0 radical (unpaired) electrons. The zero-order valence-electron chi connectivity index (χ0n) is 7.44. The molecule has 0 saturated heterocycles. The van der Waals surface area contributed by atoms with Gasteiger partial charge in [0, 0.05) is 16.6 Å². The highest BCUT2D eigenvalue weighted by atomic mass is 32.1. The average Bonchev–Trinajstić information content (AvgIpc) is 2.72. The van der Waals surface area contributed by atoms with Gasteiger partial charge in [-0.2, -0.15) is 11.3 Å². The first-order chi connectivity index (χ1) is 6.86. The Labute approximate surface area is 92.4 Å². The Kier molecular flexibility index (Phi) is 2.91. The summed E-state index contributed by atoms with van der Waals surface area (Å²) in [4.78, 5) is 0.768. The monoisotopic (exact) mass is 219 g/mol. The molecular weight excluding hydrogens is 210 g/mol. The van der Waals surface area contributed by atoms with Gasteiger partial charge >= 0.3 is 0 Å². The van der Waals surface area contributed by atoms with Crippen molar-refractivity contribution in [3.05, 3.63) is 52.7 Å². The summed E-state index contributed by atoms with van der Waals surface area (Å²) < 4.78 is 0. The van der Waals surface area contributed by atoms with Crippen LogP contribution in [0.4, 0.5) is 5.69 Å². The van der Waals surface area contributed by atoms with Crippen molar-refractivity contribution in [2.45, 2.75) is 0 Å². The van der Waals surface area contributed by atoms with Crippen LogP contribution in [-0.2, 0) is 0 Å². The van der Waals surface area contributed by atoms with Crippen LogP contribution in [0.15, 0.2) is 47.2 Å². The summed E-state index contributed by atoms with van der Waals surface area (Å²) in [5.41, 5.74) is 2.11. The van der Waals surface area contributed by atoms with Gasteiger partial charge in [-0.25, -0.2) is 0 Å². The minimum atomic E-state index is 0.768. The van der Waals surface area contributed by atoms with Crippen LogP contribution >= 0.6 is 23.6 Å². The molecular formula is C11H9NS2. The lowest BCUT2D eigenvalue weighted by Crippen LogP contribution is -2.09. The summed E-state index contributed by atoms with van der Waals surface area (Å²) >= 11 is 6.92. The Hall–Kier alpha value is -1.19. The highest BCUT2D eigenvalue weighted by Gasteiger charge is 1.99. The normalized spacial score (nSPS) is 9.71. The van der Waals surface area contributed by atoms with E-state index in [4.69, 9.17) is 12.2 Å². The molecule has 14 heavy (non-hydrogen) atoms. The Morgan fingerprint density at radius 2 is 1.93 bits per heavy atom. The number of thiophene rings is 1. The zero-order chi connectivity index (χ0) is 9.80. The Bertz CT molecular complexity index is 406. The van der Waals surface area contributed by atoms with Gasteiger partial charge < -0.3 is 5.32 Å². The van der Waals surface area contributed by atoms with Crippen molar-refractivity contribution in [3.63, 3.8) is 0 Å². The largest absolute Gasteiger partial charge is 0.345 e. The summed E-state index contributed by atoms with van der Waals surface area (Å²) in [5.74, 6) is 0. The lowest BCUT2D eigenvalue weighted by molar-refractivity contribution is 1.64. The number of anilines is 1. The maximum atomic E-state index is 5.26. The highest BCUT2D eigenvalue weighted by Crippen LogP contribution is 2.13. The first-order valence-corrected chi connectivity index (χ1v) is 5.60. The van der Waals surface area contributed by atoms with Crippen LogP contribution in [0.5, 0.6) is 0 Å². The van der Waals surface area contributed by atoms with E-state index in [1.807, 2.05) is 47.2 Å². The van der Waals surface area contributed by atoms with Crippen LogP contribution in [0.25, 0.3) is 0 Å². The van der Waals surface area contributed by atoms with Crippen molar-refractivity contribution in [1.29, 1.82) is 0 Å². The van der Waals surface area contributed by atoms with Gasteiger partial charge in [0.1, 0.15) is 4.99 Å². The molecule has 1 aromatic carbocycles. The fraction of sp³-hybridized carbons (Fsp3) is 0. The van der Waals surface area contributed by atoms with E-state index in [2.05, 4.69) is 5.32 Å². The quantitative estimate of drug-likeness (QED) is 0.775. The second kappa shape index (κ2) is 4.35. The molecule has 1 N–H and O–H groups in total. The van der Waals surface area contributed by atoms with Crippen LogP contribution in [0, 0.1) is 0 Å². The van der Waals surface area contributed by atoms with Gasteiger partial charge in [-0.3, -0.25) is 0 Å². The first kappa shape index (κ1) is 9.37. The number of benzene rings is 1. The smallest absolute Gasteiger partial charge is 0.111 e. The maximum absolute atomic E-state index is 5.26. The van der Waals surface area contributed by atoms with Crippen LogP contribution in [0.1, 0.15) is 5.56 Å². The fourth-order valence-electron chi connectivity index (χ4n) is 1.13. The molecule has 2 rings (SSSR count). The Morgan fingerprint density at radius 3 is 2.57 bits per heavy atom. The summed E-state index contributed by atoms with van der Waals surface area (Å²) in [7, 11) is 0. The number of rotatable bonds is 2. The van der Waals surface area contributed by atoms with Crippen molar-refractivity contribution >= 4 is 34.2 Å². The maximum Gasteiger partial charge on any atom is 0.111 e. The van der Waals surface area contributed by atoms with Crippen LogP contribution in [-0.4, -0.2) is 4.99 Å². The van der Waals surface area contributed by atoms with E-state index in [0.717, 1.165) is 16.2 Å². The molecule has 0 unspecified atom stereocenters. The molecule has 70 valence electrons. The lowest BCUT2D eigenvalue weighted by Gasteiger charge is -2.04. The SMILES string of the molecule is S=C(Nc1ccsc1)c1ccccc1. The van der Waals surface area contributed by atoms with Crippen LogP contribution in [0.2, 0.25) is 0 Å². The summed E-state index contributed by atoms with van der Waals surface area (Å²) in [5, 5.41) is 7.24. The third-order valence-corrected chi connectivity index (χ3v) is 2.84. The molecule has 0 amide bonds. The van der Waals surface area contributed by atoms with Gasteiger partial charge in [0.15, 0.2) is 0 Å². The van der Waals surface area contributed by atoms with Crippen molar-refractivity contribution in [1.82, 2.24) is 0 Å². The molecule has 3 heteroatoms. The predicted octanol–water partition coefficient (Wildman–Crippen LogP) is 3.54. The van der Waals surface area contributed by atoms with Crippen LogP contribution < -0.4 is 5.32 Å². The van der Waals surface area contributed by atoms with Gasteiger partial charge in [0.05, 0.1) is 0 Å². The van der Waals surface area contributed by atoms with E-state index in [0.29, 0.717) is 0 Å². The molecule has 1 aromatic heterocycles. The molecule has 0 bridgehead atoms. The van der Waals surface area contributed by atoms with Crippen molar-refractivity contribution in [3.8, 4) is 0 Å². The van der Waals surface area contributed by atoms with E-state index in [-0.39, 0.29) is 0 Å². The van der Waals surface area contributed by atoms with E-state index in [1.54, 1.807) is 11.3 Å². The molecule has 0 saturated carbocycles. The number of hydrogen-bond donors (Lipinski definition) is 1. The van der Waals surface area contributed by atoms with E-state index < -0.39 is 0 Å². The summed E-state index contributed by atoms with van der Waals surface area (Å²) in [6.07, 6.45) is 0. The fourth-order valence-corrected chi connectivity index (χ4v) is 1.97. The van der Waals surface area contributed by atoms with Crippen LogP contribution in [0.3, 0.4) is 0 Å². The molecule has 0 aliphatic carbocycles. The third-order valence-electron chi connectivity index (χ3n) is 1.82. The number of thiocarbonyl (C=S) groups is 1. The standard InChI is InChI=1S/C11H9NS2/c13-11(9-4-2-1-3-5-9)12-10-6-7-14-8-10/h1-8H,(H,12,13). The lowest BCUT2D eigenvalue weighted by atomic mass is 10.2. The first-order valence-electron chi connectivity index (χ1n) is 4.25. The van der Waals surface area contributed by atoms with Crippen molar-refractivity contribution in [2.75, 3.05) is 5.32 Å².